The number of aliphatic hydroxyl groups is 1. The first-order valence-electron chi connectivity index (χ1n) is 6.83. The average Bonchev–Trinajstić information content (AvgIpc) is 2.83. The van der Waals surface area contributed by atoms with Crippen LogP contribution in [0.4, 0.5) is 0 Å². The maximum atomic E-state index is 10.6. The third-order valence-electron chi connectivity index (χ3n) is 4.25. The lowest BCUT2D eigenvalue weighted by atomic mass is 9.89. The molecular weight excluding hydrogens is 242 g/mol. The minimum atomic E-state index is -0.690. The molecule has 1 spiro atoms. The Kier molecular flexibility index (Phi) is 3.16. The van der Waals surface area contributed by atoms with Crippen LogP contribution in [0.5, 0.6) is 0 Å². The number of thioether (sulfide) groups is 1. The maximum absolute atomic E-state index is 10.6. The fourth-order valence-corrected chi connectivity index (χ4v) is 4.42. The molecule has 18 heavy (non-hydrogen) atoms. The Labute approximate surface area is 113 Å². The van der Waals surface area contributed by atoms with E-state index >= 15 is 0 Å². The predicted octanol–water partition coefficient (Wildman–Crippen LogP) is 2.87. The first kappa shape index (κ1) is 12.5. The van der Waals surface area contributed by atoms with Crippen LogP contribution in [0, 0.1) is 0 Å². The molecule has 98 valence electrons. The van der Waals surface area contributed by atoms with Gasteiger partial charge in [-0.3, -0.25) is 0 Å². The Morgan fingerprint density at radius 3 is 2.89 bits per heavy atom. The van der Waals surface area contributed by atoms with Crippen molar-refractivity contribution in [2.24, 2.45) is 0 Å². The van der Waals surface area contributed by atoms with Crippen molar-refractivity contribution in [1.29, 1.82) is 0 Å². The van der Waals surface area contributed by atoms with E-state index in [-0.39, 0.29) is 0 Å². The summed E-state index contributed by atoms with van der Waals surface area (Å²) >= 11 is 2.06. The highest BCUT2D eigenvalue weighted by atomic mass is 32.2. The molecule has 2 aliphatic rings. The highest BCUT2D eigenvalue weighted by molar-refractivity contribution is 8.08. The lowest BCUT2D eigenvalue weighted by Gasteiger charge is -2.24. The van der Waals surface area contributed by atoms with Gasteiger partial charge in [0.25, 0.3) is 0 Å². The zero-order valence-electron chi connectivity index (χ0n) is 10.9. The molecule has 1 aromatic carbocycles. The number of benzene rings is 1. The van der Waals surface area contributed by atoms with E-state index < -0.39 is 5.60 Å². The first-order valence-corrected chi connectivity index (χ1v) is 7.71. The van der Waals surface area contributed by atoms with Crippen molar-refractivity contribution < 1.29 is 5.11 Å². The lowest BCUT2D eigenvalue weighted by molar-refractivity contribution is 0.0455. The number of hydrogen-bond donors (Lipinski definition) is 2. The number of nitrogens with one attached hydrogen (secondary N) is 1. The zero-order valence-corrected chi connectivity index (χ0v) is 11.7. The Morgan fingerprint density at radius 2 is 2.22 bits per heavy atom. The smallest absolute Gasteiger partial charge is 0.0869 e. The van der Waals surface area contributed by atoms with Crippen LogP contribution < -0.4 is 5.32 Å². The summed E-state index contributed by atoms with van der Waals surface area (Å²) in [5.41, 5.74) is 0.341. The molecule has 3 heteroatoms. The summed E-state index contributed by atoms with van der Waals surface area (Å²) in [6.07, 6.45) is 4.55. The molecule has 1 aromatic rings. The van der Waals surface area contributed by atoms with Gasteiger partial charge in [0.2, 0.25) is 0 Å². The molecule has 2 heterocycles. The Hall–Kier alpha value is -0.510. The van der Waals surface area contributed by atoms with Crippen LogP contribution in [0.3, 0.4) is 0 Å². The van der Waals surface area contributed by atoms with Crippen LogP contribution in [0.25, 0.3) is 0 Å². The number of hydrogen-bond acceptors (Lipinski definition) is 3. The van der Waals surface area contributed by atoms with E-state index in [9.17, 15) is 5.11 Å². The van der Waals surface area contributed by atoms with Crippen molar-refractivity contribution in [3.05, 3.63) is 35.9 Å². The fourth-order valence-electron chi connectivity index (χ4n) is 2.98. The Balaban J connectivity index is 1.57. The van der Waals surface area contributed by atoms with Crippen molar-refractivity contribution in [1.82, 2.24) is 5.32 Å². The standard InChI is InChI=1S/C15H21NOS/c1-14(17,12-6-3-2-4-7-12)10-8-13-15(18-13)9-5-11-16-15/h2-4,6-7,13,16-17H,5,8-11H2,1H3/t13?,14?,15-/m0/s1. The van der Waals surface area contributed by atoms with Crippen LogP contribution >= 0.6 is 11.8 Å². The molecule has 2 unspecified atom stereocenters. The summed E-state index contributed by atoms with van der Waals surface area (Å²) in [6.45, 7) is 3.10. The second kappa shape index (κ2) is 4.55. The summed E-state index contributed by atoms with van der Waals surface area (Å²) in [6, 6.07) is 10.0. The van der Waals surface area contributed by atoms with E-state index in [4.69, 9.17) is 0 Å². The summed E-state index contributed by atoms with van der Waals surface area (Å²) in [5, 5.41) is 14.9. The van der Waals surface area contributed by atoms with Gasteiger partial charge in [-0.05, 0) is 44.7 Å². The third-order valence-corrected chi connectivity index (χ3v) is 5.98. The van der Waals surface area contributed by atoms with Gasteiger partial charge >= 0.3 is 0 Å². The molecule has 2 aliphatic heterocycles. The van der Waals surface area contributed by atoms with E-state index in [2.05, 4.69) is 17.1 Å². The minimum absolute atomic E-state index is 0.382. The zero-order chi connectivity index (χ0) is 12.6. The third kappa shape index (κ3) is 2.31. The van der Waals surface area contributed by atoms with Crippen LogP contribution in [0.2, 0.25) is 0 Å². The van der Waals surface area contributed by atoms with Gasteiger partial charge in [-0.2, -0.15) is 0 Å². The quantitative estimate of drug-likeness (QED) is 0.819. The lowest BCUT2D eigenvalue weighted by Crippen LogP contribution is -2.28. The molecule has 2 nitrogen and oxygen atoms in total. The Bertz CT molecular complexity index is 412. The molecule has 0 amide bonds. The molecule has 0 saturated carbocycles. The minimum Gasteiger partial charge on any atom is -0.385 e. The van der Waals surface area contributed by atoms with Crippen molar-refractivity contribution >= 4 is 11.8 Å². The predicted molar refractivity (Wildman–Crippen MR) is 76.6 cm³/mol. The Morgan fingerprint density at radius 1 is 1.44 bits per heavy atom. The second-order valence-corrected chi connectivity index (χ2v) is 7.24. The molecule has 0 aliphatic carbocycles. The van der Waals surface area contributed by atoms with Gasteiger partial charge in [0, 0.05) is 5.25 Å². The van der Waals surface area contributed by atoms with E-state index in [1.165, 1.54) is 19.4 Å². The molecule has 0 bridgehead atoms. The molecule has 0 aromatic heterocycles. The van der Waals surface area contributed by atoms with Crippen LogP contribution in [-0.4, -0.2) is 21.8 Å². The van der Waals surface area contributed by atoms with E-state index in [1.54, 1.807) is 0 Å². The molecule has 3 rings (SSSR count). The van der Waals surface area contributed by atoms with Gasteiger partial charge in [-0.25, -0.2) is 0 Å². The van der Waals surface area contributed by atoms with Gasteiger partial charge in [0.15, 0.2) is 0 Å². The summed E-state index contributed by atoms with van der Waals surface area (Å²) in [7, 11) is 0. The van der Waals surface area contributed by atoms with E-state index in [0.717, 1.165) is 18.4 Å². The first-order chi connectivity index (χ1) is 8.62. The van der Waals surface area contributed by atoms with Gasteiger partial charge in [-0.15, -0.1) is 11.8 Å². The van der Waals surface area contributed by atoms with Crippen LogP contribution in [-0.2, 0) is 5.60 Å². The molecule has 0 radical (unpaired) electrons. The van der Waals surface area contributed by atoms with Gasteiger partial charge in [0.1, 0.15) is 0 Å². The van der Waals surface area contributed by atoms with Crippen molar-refractivity contribution in [3.8, 4) is 0 Å². The monoisotopic (exact) mass is 263 g/mol. The maximum Gasteiger partial charge on any atom is 0.0869 e. The summed E-state index contributed by atoms with van der Waals surface area (Å²) < 4.78 is 0. The summed E-state index contributed by atoms with van der Waals surface area (Å²) in [4.78, 5) is 0.382. The highest BCUT2D eigenvalue weighted by Crippen LogP contribution is 2.58. The topological polar surface area (TPSA) is 32.3 Å². The van der Waals surface area contributed by atoms with Crippen LogP contribution in [0.15, 0.2) is 30.3 Å². The average molecular weight is 263 g/mol. The van der Waals surface area contributed by atoms with Gasteiger partial charge in [-0.1, -0.05) is 30.3 Å². The van der Waals surface area contributed by atoms with Crippen molar-refractivity contribution in [2.75, 3.05) is 6.54 Å². The molecule has 2 N–H and O–H groups in total. The second-order valence-electron chi connectivity index (χ2n) is 5.70. The van der Waals surface area contributed by atoms with E-state index in [1.807, 2.05) is 37.3 Å². The fraction of sp³-hybridized carbons (Fsp3) is 0.600. The SMILES string of the molecule is CC(O)(CCC1S[C@@]12CCCN2)c1ccccc1. The normalized spacial score (nSPS) is 33.6. The molecule has 2 saturated heterocycles. The van der Waals surface area contributed by atoms with E-state index in [0.29, 0.717) is 10.1 Å². The van der Waals surface area contributed by atoms with Gasteiger partial charge < -0.3 is 10.4 Å². The molecule has 3 atom stereocenters. The van der Waals surface area contributed by atoms with Crippen LogP contribution in [0.1, 0.15) is 38.2 Å². The van der Waals surface area contributed by atoms with Crippen molar-refractivity contribution in [2.45, 2.75) is 48.3 Å². The largest absolute Gasteiger partial charge is 0.385 e. The molecular formula is C15H21NOS. The molecule has 2 fully saturated rings. The number of rotatable bonds is 4. The van der Waals surface area contributed by atoms with Crippen molar-refractivity contribution in [3.63, 3.8) is 0 Å². The summed E-state index contributed by atoms with van der Waals surface area (Å²) in [5.74, 6) is 0. The highest BCUT2D eigenvalue weighted by Gasteiger charge is 2.56. The van der Waals surface area contributed by atoms with Gasteiger partial charge in [0.05, 0.1) is 10.5 Å².